The summed E-state index contributed by atoms with van der Waals surface area (Å²) in [4.78, 5) is 1.10. The molecule has 1 fully saturated rings. The van der Waals surface area contributed by atoms with Crippen molar-refractivity contribution in [3.8, 4) is 0 Å². The molecule has 1 aliphatic heterocycles. The van der Waals surface area contributed by atoms with Crippen LogP contribution in [0.4, 0.5) is 0 Å². The normalized spacial score (nSPS) is 20.3. The van der Waals surface area contributed by atoms with Crippen LogP contribution in [0, 0.1) is 6.92 Å². The molecule has 21 heavy (non-hydrogen) atoms. The Morgan fingerprint density at radius 2 is 2.05 bits per heavy atom. The summed E-state index contributed by atoms with van der Waals surface area (Å²) in [6.45, 7) is 2.56. The molecule has 1 aromatic heterocycles. The number of sulfonamides is 1. The smallest absolute Gasteiger partial charge is 0.244 e. The van der Waals surface area contributed by atoms with Crippen LogP contribution in [0.3, 0.4) is 0 Å². The van der Waals surface area contributed by atoms with Gasteiger partial charge in [0.1, 0.15) is 4.90 Å². The van der Waals surface area contributed by atoms with E-state index in [9.17, 15) is 16.8 Å². The largest absolute Gasteiger partial charge is 0.315 e. The predicted octanol–water partition coefficient (Wildman–Crippen LogP) is 0.585. The Hall–Kier alpha value is -0.480. The van der Waals surface area contributed by atoms with Gasteiger partial charge in [0.25, 0.3) is 0 Å². The molecule has 1 aromatic rings. The van der Waals surface area contributed by atoms with Gasteiger partial charge in [-0.15, -0.1) is 11.3 Å². The van der Waals surface area contributed by atoms with Gasteiger partial charge in [-0.3, -0.25) is 0 Å². The molecule has 120 valence electrons. The minimum Gasteiger partial charge on any atom is -0.315 e. The second-order valence-corrected chi connectivity index (χ2v) is 10.3. The highest BCUT2D eigenvalue weighted by atomic mass is 32.2. The monoisotopic (exact) mass is 352 g/mol. The van der Waals surface area contributed by atoms with Crippen molar-refractivity contribution in [2.45, 2.75) is 24.8 Å². The summed E-state index contributed by atoms with van der Waals surface area (Å²) in [5, 5.41) is 4.80. The molecule has 0 atom stereocenters. The van der Waals surface area contributed by atoms with Crippen molar-refractivity contribution in [1.29, 1.82) is 0 Å². The second-order valence-electron chi connectivity index (χ2n) is 5.11. The van der Waals surface area contributed by atoms with Crippen LogP contribution in [0.5, 0.6) is 0 Å². The van der Waals surface area contributed by atoms with E-state index in [0.29, 0.717) is 17.9 Å². The van der Waals surface area contributed by atoms with Gasteiger partial charge in [0.05, 0.1) is 11.5 Å². The Labute approximate surface area is 130 Å². The van der Waals surface area contributed by atoms with Gasteiger partial charge in [-0.1, -0.05) is 0 Å². The van der Waals surface area contributed by atoms with E-state index in [-0.39, 0.29) is 24.6 Å². The fraction of sp³-hybridized carbons (Fsp3) is 0.667. The number of aryl methyl sites for hydroxylation is 1. The molecule has 0 aromatic carbocycles. The van der Waals surface area contributed by atoms with Crippen LogP contribution in [0.1, 0.15) is 16.9 Å². The molecular formula is C12H20N2O4S3. The summed E-state index contributed by atoms with van der Waals surface area (Å²) in [5.74, 6) is -0.0399. The van der Waals surface area contributed by atoms with E-state index in [4.69, 9.17) is 0 Å². The van der Waals surface area contributed by atoms with Crippen LogP contribution >= 0.6 is 11.3 Å². The third kappa shape index (κ3) is 3.65. The number of hydrogen-bond acceptors (Lipinski definition) is 6. The van der Waals surface area contributed by atoms with Crippen molar-refractivity contribution in [3.05, 3.63) is 15.8 Å². The van der Waals surface area contributed by atoms with E-state index < -0.39 is 19.9 Å². The third-order valence-corrected chi connectivity index (χ3v) is 8.52. The molecule has 6 nitrogen and oxygen atoms in total. The quantitative estimate of drug-likeness (QED) is 0.857. The molecule has 2 rings (SSSR count). The van der Waals surface area contributed by atoms with Crippen LogP contribution in [0.2, 0.25) is 0 Å². The lowest BCUT2D eigenvalue weighted by molar-refractivity contribution is 0.434. The molecule has 0 spiro atoms. The van der Waals surface area contributed by atoms with Crippen molar-refractivity contribution in [1.82, 2.24) is 9.62 Å². The van der Waals surface area contributed by atoms with Crippen molar-refractivity contribution < 1.29 is 16.8 Å². The predicted molar refractivity (Wildman–Crippen MR) is 83.8 cm³/mol. The molecule has 1 aliphatic rings. The number of rotatable bonds is 4. The molecular weight excluding hydrogens is 332 g/mol. The van der Waals surface area contributed by atoms with Crippen molar-refractivity contribution >= 4 is 31.2 Å². The Morgan fingerprint density at radius 1 is 1.33 bits per heavy atom. The molecule has 1 saturated heterocycles. The average Bonchev–Trinajstić information content (AvgIpc) is 2.64. The van der Waals surface area contributed by atoms with Gasteiger partial charge in [-0.2, -0.15) is 4.31 Å². The van der Waals surface area contributed by atoms with Crippen LogP contribution in [0.15, 0.2) is 10.3 Å². The molecule has 2 heterocycles. The maximum atomic E-state index is 12.8. The zero-order valence-corrected chi connectivity index (χ0v) is 14.6. The van der Waals surface area contributed by atoms with E-state index in [1.807, 2.05) is 5.38 Å². The average molecular weight is 353 g/mol. The fourth-order valence-electron chi connectivity index (χ4n) is 2.40. The lowest BCUT2D eigenvalue weighted by Crippen LogP contribution is -2.34. The summed E-state index contributed by atoms with van der Waals surface area (Å²) in [5.41, 5.74) is 0.720. The van der Waals surface area contributed by atoms with E-state index in [0.717, 1.165) is 10.4 Å². The molecule has 0 amide bonds. The molecule has 0 bridgehead atoms. The Kier molecular flexibility index (Phi) is 5.09. The van der Waals surface area contributed by atoms with Crippen molar-refractivity contribution in [3.63, 3.8) is 0 Å². The Bertz CT molecular complexity index is 707. The number of thiophene rings is 1. The topological polar surface area (TPSA) is 83.6 Å². The zero-order valence-electron chi connectivity index (χ0n) is 12.1. The summed E-state index contributed by atoms with van der Waals surface area (Å²) in [6, 6.07) is 0. The molecule has 1 N–H and O–H groups in total. The van der Waals surface area contributed by atoms with Crippen LogP contribution in [0.25, 0.3) is 0 Å². The van der Waals surface area contributed by atoms with E-state index in [2.05, 4.69) is 5.32 Å². The maximum absolute atomic E-state index is 12.8. The van der Waals surface area contributed by atoms with Crippen LogP contribution in [-0.4, -0.2) is 52.8 Å². The lowest BCUT2D eigenvalue weighted by Gasteiger charge is -2.20. The standard InChI is InChI=1S/C12H20N2O4S3/c1-10-9-19-11(8-13-2)12(10)21(17,18)14-4-3-6-20(15,16)7-5-14/h9,13H,3-8H2,1-2H3. The summed E-state index contributed by atoms with van der Waals surface area (Å²) in [7, 11) is -5.00. The first-order chi connectivity index (χ1) is 9.78. The highest BCUT2D eigenvalue weighted by molar-refractivity contribution is 7.91. The van der Waals surface area contributed by atoms with Crippen molar-refractivity contribution in [2.75, 3.05) is 31.6 Å². The molecule has 9 heteroatoms. The minimum absolute atomic E-state index is 0.0406. The van der Waals surface area contributed by atoms with Gasteiger partial charge < -0.3 is 5.32 Å². The number of nitrogens with zero attached hydrogens (tertiary/aromatic N) is 1. The first kappa shape index (κ1) is 16.9. The van der Waals surface area contributed by atoms with Gasteiger partial charge in [0.2, 0.25) is 10.0 Å². The summed E-state index contributed by atoms with van der Waals surface area (Å²) >= 11 is 1.41. The third-order valence-electron chi connectivity index (χ3n) is 3.44. The molecule has 0 radical (unpaired) electrons. The van der Waals surface area contributed by atoms with Gasteiger partial charge in [-0.25, -0.2) is 16.8 Å². The van der Waals surface area contributed by atoms with Crippen LogP contribution in [-0.2, 0) is 26.4 Å². The number of hydrogen-bond donors (Lipinski definition) is 1. The van der Waals surface area contributed by atoms with Crippen LogP contribution < -0.4 is 5.32 Å². The van der Waals surface area contributed by atoms with E-state index >= 15 is 0 Å². The first-order valence-electron chi connectivity index (χ1n) is 6.70. The Balaban J connectivity index is 2.36. The molecule has 0 aliphatic carbocycles. The van der Waals surface area contributed by atoms with Gasteiger partial charge in [0, 0.05) is 24.5 Å². The Morgan fingerprint density at radius 3 is 2.71 bits per heavy atom. The lowest BCUT2D eigenvalue weighted by atomic mass is 10.3. The fourth-order valence-corrected chi connectivity index (χ4v) is 7.04. The maximum Gasteiger partial charge on any atom is 0.244 e. The zero-order chi connectivity index (χ0) is 15.7. The highest BCUT2D eigenvalue weighted by Crippen LogP contribution is 2.30. The highest BCUT2D eigenvalue weighted by Gasteiger charge is 2.32. The van der Waals surface area contributed by atoms with E-state index in [1.54, 1.807) is 14.0 Å². The van der Waals surface area contributed by atoms with Gasteiger partial charge >= 0.3 is 0 Å². The van der Waals surface area contributed by atoms with E-state index in [1.165, 1.54) is 15.6 Å². The van der Waals surface area contributed by atoms with Gasteiger partial charge in [-0.05, 0) is 31.3 Å². The second kappa shape index (κ2) is 6.33. The minimum atomic E-state index is -3.64. The first-order valence-corrected chi connectivity index (χ1v) is 10.8. The van der Waals surface area contributed by atoms with Crippen molar-refractivity contribution in [2.24, 2.45) is 0 Å². The number of nitrogens with one attached hydrogen (secondary N) is 1. The summed E-state index contributed by atoms with van der Waals surface area (Å²) in [6.07, 6.45) is 0.353. The summed E-state index contributed by atoms with van der Waals surface area (Å²) < 4.78 is 50.3. The molecule has 0 unspecified atom stereocenters. The SMILES string of the molecule is CNCc1scc(C)c1S(=O)(=O)N1CCCS(=O)(=O)CC1. The van der Waals surface area contributed by atoms with Gasteiger partial charge in [0.15, 0.2) is 9.84 Å². The number of sulfone groups is 1. The molecule has 0 saturated carbocycles.